The molecule has 0 aromatic carbocycles. The summed E-state index contributed by atoms with van der Waals surface area (Å²) in [5.41, 5.74) is 1.38. The number of rotatable bonds is 6. The summed E-state index contributed by atoms with van der Waals surface area (Å²) in [6.07, 6.45) is 2.22. The molecule has 0 aliphatic heterocycles. The van der Waals surface area contributed by atoms with Crippen LogP contribution >= 0.6 is 0 Å². The van der Waals surface area contributed by atoms with Crippen LogP contribution in [0.1, 0.15) is 35.8 Å². The Morgan fingerprint density at radius 2 is 2.17 bits per heavy atom. The van der Waals surface area contributed by atoms with Crippen LogP contribution in [0, 0.1) is 12.8 Å². The highest BCUT2D eigenvalue weighted by molar-refractivity contribution is 5.93. The van der Waals surface area contributed by atoms with Crippen LogP contribution in [0.25, 0.3) is 0 Å². The fourth-order valence-corrected chi connectivity index (χ4v) is 1.44. The number of aryl methyl sites for hydroxylation is 1. The number of nitrogens with zero attached hydrogens (tertiary/aromatic N) is 1. The topological polar surface area (TPSA) is 79.3 Å². The van der Waals surface area contributed by atoms with Gasteiger partial charge in [-0.1, -0.05) is 6.92 Å². The van der Waals surface area contributed by atoms with Crippen molar-refractivity contribution < 1.29 is 14.7 Å². The van der Waals surface area contributed by atoms with Gasteiger partial charge in [0.2, 0.25) is 0 Å². The fraction of sp³-hybridized carbons (Fsp3) is 0.462. The summed E-state index contributed by atoms with van der Waals surface area (Å²) in [6.45, 7) is 4.24. The highest BCUT2D eigenvalue weighted by Crippen LogP contribution is 2.05. The highest BCUT2D eigenvalue weighted by Gasteiger charge is 2.09. The first-order valence-corrected chi connectivity index (χ1v) is 5.91. The Morgan fingerprint density at radius 3 is 2.72 bits per heavy atom. The van der Waals surface area contributed by atoms with Crippen molar-refractivity contribution >= 4 is 11.9 Å². The Balaban J connectivity index is 2.36. The Kier molecular flexibility index (Phi) is 5.30. The van der Waals surface area contributed by atoms with Crippen molar-refractivity contribution in [2.45, 2.75) is 26.7 Å². The second kappa shape index (κ2) is 6.74. The number of hydrogen-bond donors (Lipinski definition) is 2. The number of nitrogens with one attached hydrogen (secondary N) is 1. The van der Waals surface area contributed by atoms with E-state index in [1.165, 1.54) is 6.20 Å². The van der Waals surface area contributed by atoms with Crippen molar-refractivity contribution in [2.24, 2.45) is 5.92 Å². The van der Waals surface area contributed by atoms with Crippen molar-refractivity contribution in [3.05, 3.63) is 29.6 Å². The largest absolute Gasteiger partial charge is 0.481 e. The highest BCUT2D eigenvalue weighted by atomic mass is 16.4. The zero-order chi connectivity index (χ0) is 13.5. The molecule has 0 fully saturated rings. The van der Waals surface area contributed by atoms with E-state index in [0.717, 1.165) is 5.69 Å². The number of amides is 1. The van der Waals surface area contributed by atoms with Crippen LogP contribution in [-0.2, 0) is 4.79 Å². The molecule has 0 radical (unpaired) electrons. The maximum absolute atomic E-state index is 11.7. The van der Waals surface area contributed by atoms with Gasteiger partial charge in [-0.25, -0.2) is 0 Å². The normalized spacial score (nSPS) is 11.9. The fourth-order valence-electron chi connectivity index (χ4n) is 1.44. The molecule has 98 valence electrons. The van der Waals surface area contributed by atoms with E-state index in [4.69, 9.17) is 5.11 Å². The molecule has 0 spiro atoms. The molecule has 1 rings (SSSR count). The minimum absolute atomic E-state index is 0.128. The van der Waals surface area contributed by atoms with Crippen LogP contribution in [0.15, 0.2) is 18.3 Å². The molecule has 1 heterocycles. The summed E-state index contributed by atoms with van der Waals surface area (Å²) in [7, 11) is 0. The second-order valence-corrected chi connectivity index (χ2v) is 4.44. The van der Waals surface area contributed by atoms with Gasteiger partial charge in [0.1, 0.15) is 0 Å². The van der Waals surface area contributed by atoms with E-state index in [0.29, 0.717) is 18.5 Å². The lowest BCUT2D eigenvalue weighted by atomic mass is 10.1. The Hall–Kier alpha value is -1.91. The lowest BCUT2D eigenvalue weighted by Crippen LogP contribution is -2.28. The Labute approximate surface area is 106 Å². The van der Waals surface area contributed by atoms with Crippen molar-refractivity contribution in [1.29, 1.82) is 0 Å². The third-order valence-electron chi connectivity index (χ3n) is 2.64. The summed E-state index contributed by atoms with van der Waals surface area (Å²) in [5, 5.41) is 11.3. The van der Waals surface area contributed by atoms with Gasteiger partial charge in [-0.05, 0) is 31.4 Å². The molecule has 1 atom stereocenters. The minimum atomic E-state index is -0.809. The third kappa shape index (κ3) is 4.95. The molecule has 2 N–H and O–H groups in total. The van der Waals surface area contributed by atoms with Gasteiger partial charge in [0.05, 0.1) is 5.56 Å². The molecule has 0 saturated heterocycles. The predicted octanol–water partition coefficient (Wildman–Crippen LogP) is 1.62. The van der Waals surface area contributed by atoms with Crippen LogP contribution < -0.4 is 5.32 Å². The molecule has 1 aromatic rings. The van der Waals surface area contributed by atoms with E-state index in [1.807, 2.05) is 13.8 Å². The van der Waals surface area contributed by atoms with Crippen molar-refractivity contribution in [3.63, 3.8) is 0 Å². The van der Waals surface area contributed by atoms with Gasteiger partial charge in [0.25, 0.3) is 5.91 Å². The summed E-state index contributed by atoms with van der Waals surface area (Å²) in [5.74, 6) is -0.843. The number of hydrogen-bond acceptors (Lipinski definition) is 3. The quantitative estimate of drug-likeness (QED) is 0.804. The first kappa shape index (κ1) is 14.2. The predicted molar refractivity (Wildman–Crippen MR) is 67.3 cm³/mol. The van der Waals surface area contributed by atoms with Crippen LogP contribution in [0.5, 0.6) is 0 Å². The summed E-state index contributed by atoms with van der Waals surface area (Å²) < 4.78 is 0. The Morgan fingerprint density at radius 1 is 1.44 bits per heavy atom. The zero-order valence-corrected chi connectivity index (χ0v) is 10.6. The van der Waals surface area contributed by atoms with Gasteiger partial charge >= 0.3 is 5.97 Å². The van der Waals surface area contributed by atoms with Gasteiger partial charge < -0.3 is 10.4 Å². The van der Waals surface area contributed by atoms with E-state index in [9.17, 15) is 9.59 Å². The van der Waals surface area contributed by atoms with Crippen molar-refractivity contribution in [3.8, 4) is 0 Å². The van der Waals surface area contributed by atoms with Crippen molar-refractivity contribution in [2.75, 3.05) is 6.54 Å². The van der Waals surface area contributed by atoms with Gasteiger partial charge in [-0.15, -0.1) is 0 Å². The average Bonchev–Trinajstić information content (AvgIpc) is 2.34. The molecule has 1 aromatic heterocycles. The van der Waals surface area contributed by atoms with Crippen LogP contribution in [0.2, 0.25) is 0 Å². The number of carbonyl (C=O) groups excluding carboxylic acids is 1. The van der Waals surface area contributed by atoms with Crippen LogP contribution in [-0.4, -0.2) is 28.5 Å². The number of pyridine rings is 1. The molecular formula is C13H18N2O3. The van der Waals surface area contributed by atoms with Gasteiger partial charge in [-0.2, -0.15) is 0 Å². The Bertz CT molecular complexity index is 415. The molecule has 5 heteroatoms. The zero-order valence-electron chi connectivity index (χ0n) is 10.6. The molecule has 0 aliphatic carbocycles. The average molecular weight is 250 g/mol. The van der Waals surface area contributed by atoms with E-state index >= 15 is 0 Å². The van der Waals surface area contributed by atoms with Crippen molar-refractivity contribution in [1.82, 2.24) is 10.3 Å². The van der Waals surface area contributed by atoms with E-state index in [-0.39, 0.29) is 18.2 Å². The molecular weight excluding hydrogens is 232 g/mol. The number of aromatic nitrogens is 1. The lowest BCUT2D eigenvalue weighted by Gasteiger charge is -2.11. The molecule has 1 unspecified atom stereocenters. The van der Waals surface area contributed by atoms with E-state index in [1.54, 1.807) is 12.1 Å². The summed E-state index contributed by atoms with van der Waals surface area (Å²) in [4.78, 5) is 26.2. The minimum Gasteiger partial charge on any atom is -0.481 e. The van der Waals surface area contributed by atoms with Gasteiger partial charge in [-0.3, -0.25) is 14.6 Å². The summed E-state index contributed by atoms with van der Waals surface area (Å²) >= 11 is 0. The molecule has 1 amide bonds. The van der Waals surface area contributed by atoms with Crippen LogP contribution in [0.4, 0.5) is 0 Å². The first-order chi connectivity index (χ1) is 8.49. The van der Waals surface area contributed by atoms with Gasteiger partial charge in [0, 0.05) is 24.9 Å². The monoisotopic (exact) mass is 250 g/mol. The second-order valence-electron chi connectivity index (χ2n) is 4.44. The third-order valence-corrected chi connectivity index (χ3v) is 2.64. The van der Waals surface area contributed by atoms with E-state index < -0.39 is 5.97 Å². The van der Waals surface area contributed by atoms with Gasteiger partial charge in [0.15, 0.2) is 0 Å². The smallest absolute Gasteiger partial charge is 0.303 e. The number of aliphatic carboxylic acids is 1. The number of carboxylic acids is 1. The molecule has 5 nitrogen and oxygen atoms in total. The molecule has 0 aliphatic rings. The summed E-state index contributed by atoms with van der Waals surface area (Å²) in [6, 6.07) is 3.50. The SMILES string of the molecule is Cc1ccc(C(=O)NCC(C)CCC(=O)O)cn1. The number of carbonyl (C=O) groups is 2. The van der Waals surface area contributed by atoms with E-state index in [2.05, 4.69) is 10.3 Å². The maximum Gasteiger partial charge on any atom is 0.303 e. The molecule has 18 heavy (non-hydrogen) atoms. The number of carboxylic acid groups (broad SMARTS) is 1. The lowest BCUT2D eigenvalue weighted by molar-refractivity contribution is -0.137. The first-order valence-electron chi connectivity index (χ1n) is 5.91. The van der Waals surface area contributed by atoms with Crippen LogP contribution in [0.3, 0.4) is 0 Å². The maximum atomic E-state index is 11.7. The molecule has 0 saturated carbocycles. The molecule has 0 bridgehead atoms. The standard InChI is InChI=1S/C13H18N2O3/c1-9(3-6-12(16)17)7-15-13(18)11-5-4-10(2)14-8-11/h4-5,8-9H,3,6-7H2,1-2H3,(H,15,18)(H,16,17).